The van der Waals surface area contributed by atoms with Crippen molar-refractivity contribution in [1.29, 1.82) is 0 Å². The van der Waals surface area contributed by atoms with Gasteiger partial charge in [-0.15, -0.1) is 0 Å². The van der Waals surface area contributed by atoms with E-state index in [4.69, 9.17) is 11.6 Å². The Kier molecular flexibility index (Phi) is 3.01. The fraction of sp³-hybridized carbons (Fsp3) is 0.385. The Morgan fingerprint density at radius 3 is 2.53 bits per heavy atom. The number of aromatic nitrogens is 2. The molecule has 1 aromatic carbocycles. The maximum atomic E-state index is 13.2. The van der Waals surface area contributed by atoms with Gasteiger partial charge < -0.3 is 4.90 Å². The first-order valence-corrected chi connectivity index (χ1v) is 6.48. The number of hydrogen-bond acceptors (Lipinski definition) is 3. The van der Waals surface area contributed by atoms with Crippen LogP contribution in [-0.2, 0) is 0 Å². The summed E-state index contributed by atoms with van der Waals surface area (Å²) in [6, 6.07) is 7.46. The van der Waals surface area contributed by atoms with E-state index in [0.29, 0.717) is 5.82 Å². The van der Waals surface area contributed by atoms with Crippen molar-refractivity contribution in [3.63, 3.8) is 0 Å². The van der Waals surface area contributed by atoms with E-state index < -0.39 is 5.92 Å². The van der Waals surface area contributed by atoms with E-state index in [-0.39, 0.29) is 31.2 Å². The Morgan fingerprint density at radius 1 is 1.11 bits per heavy atom. The molecule has 0 bridgehead atoms. The molecule has 1 aliphatic heterocycles. The van der Waals surface area contributed by atoms with Gasteiger partial charge in [-0.25, -0.2) is 13.8 Å². The summed E-state index contributed by atoms with van der Waals surface area (Å²) in [7, 11) is 0. The first-order chi connectivity index (χ1) is 9.05. The third-order valence-electron chi connectivity index (χ3n) is 3.35. The fourth-order valence-corrected chi connectivity index (χ4v) is 2.49. The lowest BCUT2D eigenvalue weighted by Crippen LogP contribution is -2.39. The molecule has 0 atom stereocenters. The van der Waals surface area contributed by atoms with E-state index in [1.807, 2.05) is 29.2 Å². The highest BCUT2D eigenvalue weighted by molar-refractivity contribution is 6.28. The summed E-state index contributed by atoms with van der Waals surface area (Å²) in [4.78, 5) is 10.2. The van der Waals surface area contributed by atoms with E-state index in [1.54, 1.807) is 0 Å². The summed E-state index contributed by atoms with van der Waals surface area (Å²) >= 11 is 5.90. The van der Waals surface area contributed by atoms with Crippen molar-refractivity contribution in [2.45, 2.75) is 18.8 Å². The van der Waals surface area contributed by atoms with E-state index in [9.17, 15) is 8.78 Å². The summed E-state index contributed by atoms with van der Waals surface area (Å²) in [6.07, 6.45) is -0.300. The predicted molar refractivity (Wildman–Crippen MR) is 70.9 cm³/mol. The van der Waals surface area contributed by atoms with Crippen LogP contribution in [-0.4, -0.2) is 29.0 Å². The molecule has 19 heavy (non-hydrogen) atoms. The zero-order chi connectivity index (χ0) is 13.5. The molecule has 0 saturated carbocycles. The van der Waals surface area contributed by atoms with E-state index >= 15 is 0 Å². The molecule has 0 unspecified atom stereocenters. The first-order valence-electron chi connectivity index (χ1n) is 6.10. The predicted octanol–water partition coefficient (Wildman–Crippen LogP) is 3.52. The Morgan fingerprint density at radius 2 is 1.79 bits per heavy atom. The lowest BCUT2D eigenvalue weighted by atomic mass is 10.1. The van der Waals surface area contributed by atoms with Gasteiger partial charge in [0.1, 0.15) is 5.82 Å². The van der Waals surface area contributed by atoms with Crippen LogP contribution in [0.1, 0.15) is 12.8 Å². The largest absolute Gasteiger partial charge is 0.356 e. The second-order valence-corrected chi connectivity index (χ2v) is 5.01. The number of piperidine rings is 1. The van der Waals surface area contributed by atoms with Gasteiger partial charge in [0.25, 0.3) is 5.92 Å². The zero-order valence-corrected chi connectivity index (χ0v) is 10.9. The van der Waals surface area contributed by atoms with E-state index in [1.165, 1.54) is 0 Å². The molecule has 1 aromatic heterocycles. The summed E-state index contributed by atoms with van der Waals surface area (Å²) in [6.45, 7) is 0.564. The van der Waals surface area contributed by atoms with Crippen molar-refractivity contribution in [2.75, 3.05) is 18.0 Å². The summed E-state index contributed by atoms with van der Waals surface area (Å²) < 4.78 is 26.4. The van der Waals surface area contributed by atoms with Crippen molar-refractivity contribution in [3.8, 4) is 0 Å². The van der Waals surface area contributed by atoms with Crippen LogP contribution in [0.15, 0.2) is 24.3 Å². The molecule has 0 N–H and O–H groups in total. The van der Waals surface area contributed by atoms with Gasteiger partial charge in [-0.1, -0.05) is 12.1 Å². The van der Waals surface area contributed by atoms with Crippen LogP contribution in [0.25, 0.3) is 10.9 Å². The SMILES string of the molecule is FC1(F)CCN(c2nc(Cl)nc3ccccc23)CC1. The normalized spacial score (nSPS) is 18.8. The van der Waals surface area contributed by atoms with Crippen LogP contribution in [0.3, 0.4) is 0 Å². The highest BCUT2D eigenvalue weighted by Gasteiger charge is 2.34. The molecule has 0 aliphatic carbocycles. The zero-order valence-electron chi connectivity index (χ0n) is 10.1. The molecular weight excluding hydrogens is 272 g/mol. The minimum absolute atomic E-state index is 0.144. The molecule has 3 nitrogen and oxygen atoms in total. The first kappa shape index (κ1) is 12.5. The number of halogens is 3. The second kappa shape index (κ2) is 4.56. The van der Waals surface area contributed by atoms with Crippen molar-refractivity contribution < 1.29 is 8.78 Å². The van der Waals surface area contributed by atoms with Crippen LogP contribution in [0.2, 0.25) is 5.28 Å². The maximum Gasteiger partial charge on any atom is 0.251 e. The molecule has 3 rings (SSSR count). The quantitative estimate of drug-likeness (QED) is 0.750. The van der Waals surface area contributed by atoms with Gasteiger partial charge in [0.15, 0.2) is 0 Å². The topological polar surface area (TPSA) is 29.0 Å². The molecule has 1 saturated heterocycles. The van der Waals surface area contributed by atoms with Crippen LogP contribution in [0.4, 0.5) is 14.6 Å². The van der Waals surface area contributed by atoms with Crippen LogP contribution in [0, 0.1) is 0 Å². The molecular formula is C13H12ClF2N3. The number of alkyl halides is 2. The van der Waals surface area contributed by atoms with Gasteiger partial charge >= 0.3 is 0 Å². The highest BCUT2D eigenvalue weighted by atomic mass is 35.5. The summed E-state index contributed by atoms with van der Waals surface area (Å²) in [5.74, 6) is -1.92. The number of nitrogens with zero attached hydrogens (tertiary/aromatic N) is 3. The molecule has 0 radical (unpaired) electrons. The highest BCUT2D eigenvalue weighted by Crippen LogP contribution is 2.32. The average Bonchev–Trinajstić information content (AvgIpc) is 2.38. The lowest BCUT2D eigenvalue weighted by Gasteiger charge is -2.33. The Hall–Kier alpha value is -1.49. The van der Waals surface area contributed by atoms with Crippen LogP contribution >= 0.6 is 11.6 Å². The van der Waals surface area contributed by atoms with Gasteiger partial charge in [0, 0.05) is 31.3 Å². The standard InChI is InChI=1S/C13H12ClF2N3/c14-12-17-10-4-2-1-3-9(10)11(18-12)19-7-5-13(15,16)6-8-19/h1-4H,5-8H2. The lowest BCUT2D eigenvalue weighted by molar-refractivity contribution is -0.0221. The minimum atomic E-state index is -2.57. The van der Waals surface area contributed by atoms with E-state index in [0.717, 1.165) is 10.9 Å². The number of fused-ring (bicyclic) bond motifs is 1. The molecule has 1 fully saturated rings. The summed E-state index contributed by atoms with van der Waals surface area (Å²) in [5.41, 5.74) is 0.731. The monoisotopic (exact) mass is 283 g/mol. The molecule has 2 heterocycles. The van der Waals surface area contributed by atoms with Gasteiger partial charge in [0.05, 0.1) is 5.52 Å². The summed E-state index contributed by atoms with van der Waals surface area (Å²) in [5, 5.41) is 0.989. The number of benzene rings is 1. The molecule has 1 aliphatic rings. The maximum absolute atomic E-state index is 13.2. The van der Waals surface area contributed by atoms with Crippen molar-refractivity contribution in [3.05, 3.63) is 29.5 Å². The molecule has 6 heteroatoms. The molecule has 2 aromatic rings. The number of para-hydroxylation sites is 1. The van der Waals surface area contributed by atoms with Crippen molar-refractivity contribution in [2.24, 2.45) is 0 Å². The third-order valence-corrected chi connectivity index (χ3v) is 3.52. The Labute approximate surface area is 114 Å². The number of hydrogen-bond donors (Lipinski definition) is 0. The number of rotatable bonds is 1. The van der Waals surface area contributed by atoms with Crippen LogP contribution in [0.5, 0.6) is 0 Å². The Balaban J connectivity index is 2.01. The smallest absolute Gasteiger partial charge is 0.251 e. The van der Waals surface area contributed by atoms with Crippen LogP contribution < -0.4 is 4.90 Å². The number of anilines is 1. The third kappa shape index (κ3) is 2.47. The molecule has 100 valence electrons. The fourth-order valence-electron chi connectivity index (χ4n) is 2.32. The van der Waals surface area contributed by atoms with E-state index in [2.05, 4.69) is 9.97 Å². The molecule has 0 amide bonds. The second-order valence-electron chi connectivity index (χ2n) is 4.68. The van der Waals surface area contributed by atoms with Crippen molar-refractivity contribution >= 4 is 28.3 Å². The average molecular weight is 284 g/mol. The van der Waals surface area contributed by atoms with Crippen molar-refractivity contribution in [1.82, 2.24) is 9.97 Å². The van der Waals surface area contributed by atoms with Gasteiger partial charge in [-0.05, 0) is 23.7 Å². The van der Waals surface area contributed by atoms with Gasteiger partial charge in [-0.3, -0.25) is 0 Å². The molecule has 0 spiro atoms. The minimum Gasteiger partial charge on any atom is -0.356 e. The Bertz CT molecular complexity index is 608. The van der Waals surface area contributed by atoms with Gasteiger partial charge in [-0.2, -0.15) is 4.98 Å². The van der Waals surface area contributed by atoms with Gasteiger partial charge in [0.2, 0.25) is 5.28 Å².